The fourth-order valence-corrected chi connectivity index (χ4v) is 1.99. The number of amides is 1. The van der Waals surface area contributed by atoms with E-state index >= 15 is 0 Å². The summed E-state index contributed by atoms with van der Waals surface area (Å²) < 4.78 is 0.219. The Morgan fingerprint density at radius 2 is 2.00 bits per heavy atom. The summed E-state index contributed by atoms with van der Waals surface area (Å²) in [6.45, 7) is 0.886. The van der Waals surface area contributed by atoms with E-state index in [2.05, 4.69) is 45.2 Å². The zero-order valence-corrected chi connectivity index (χ0v) is 10.9. The number of nitrogens with two attached hydrogens (primary N) is 1. The molecular weight excluding hydrogens is 370 g/mol. The van der Waals surface area contributed by atoms with Gasteiger partial charge in [-0.3, -0.25) is 4.79 Å². The molecule has 0 aromatic rings. The molecule has 3 nitrogen and oxygen atoms in total. The lowest BCUT2D eigenvalue weighted by molar-refractivity contribution is -0.117. The molecule has 1 amide bonds. The second-order valence-electron chi connectivity index (χ2n) is 2.58. The molecule has 0 aromatic heterocycles. The molecule has 5 heteroatoms. The average molecular weight is 382 g/mol. The summed E-state index contributed by atoms with van der Waals surface area (Å²) in [5, 5.41) is 0. The monoisotopic (exact) mass is 382 g/mol. The van der Waals surface area contributed by atoms with Crippen molar-refractivity contribution in [3.63, 3.8) is 0 Å². The molecule has 2 N–H and O–H groups in total. The van der Waals surface area contributed by atoms with Crippen molar-refractivity contribution in [3.05, 3.63) is 0 Å². The van der Waals surface area contributed by atoms with E-state index in [1.165, 1.54) is 0 Å². The highest BCUT2D eigenvalue weighted by Crippen LogP contribution is 2.15. The van der Waals surface area contributed by atoms with Gasteiger partial charge in [0.1, 0.15) is 3.92 Å². The van der Waals surface area contributed by atoms with Gasteiger partial charge in [-0.25, -0.2) is 0 Å². The Morgan fingerprint density at radius 1 is 1.55 bits per heavy atom. The molecule has 0 aliphatic heterocycles. The van der Waals surface area contributed by atoms with Gasteiger partial charge in [0, 0.05) is 10.5 Å². The van der Waals surface area contributed by atoms with Gasteiger partial charge in [0.05, 0.1) is 0 Å². The molecule has 2 atom stereocenters. The van der Waals surface area contributed by atoms with Crippen LogP contribution in [-0.2, 0) is 4.79 Å². The highest BCUT2D eigenvalue weighted by molar-refractivity contribution is 14.1. The van der Waals surface area contributed by atoms with Gasteiger partial charge in [0.2, 0.25) is 5.91 Å². The Morgan fingerprint density at radius 3 is 2.27 bits per heavy atom. The summed E-state index contributed by atoms with van der Waals surface area (Å²) in [6, 6.07) is 0. The van der Waals surface area contributed by atoms with Crippen LogP contribution in [0.3, 0.4) is 0 Å². The van der Waals surface area contributed by atoms with E-state index < -0.39 is 0 Å². The van der Waals surface area contributed by atoms with E-state index in [0.717, 1.165) is 6.54 Å². The fourth-order valence-electron chi connectivity index (χ4n) is 0.620. The third kappa shape index (κ3) is 5.18. The minimum atomic E-state index is -0.230. The Hall–Kier alpha value is 0.890. The molecule has 0 bridgehead atoms. The lowest BCUT2D eigenvalue weighted by atomic mass is 10.3. The molecule has 0 radical (unpaired) electrons. The maximum atomic E-state index is 10.7. The summed E-state index contributed by atoms with van der Waals surface area (Å²) in [4.78, 5) is 12.8. The lowest BCUT2D eigenvalue weighted by Gasteiger charge is -2.17. The van der Waals surface area contributed by atoms with Crippen LogP contribution in [0.2, 0.25) is 0 Å². The first-order valence-corrected chi connectivity index (χ1v) is 5.66. The molecule has 0 fully saturated rings. The van der Waals surface area contributed by atoms with Gasteiger partial charge in [0.15, 0.2) is 0 Å². The maximum Gasteiger partial charge on any atom is 0.231 e. The first-order chi connectivity index (χ1) is 4.95. The van der Waals surface area contributed by atoms with Crippen LogP contribution in [-0.4, -0.2) is 39.3 Å². The summed E-state index contributed by atoms with van der Waals surface area (Å²) in [7, 11) is 3.96. The smallest absolute Gasteiger partial charge is 0.231 e. The lowest BCUT2D eigenvalue weighted by Crippen LogP contribution is -2.36. The Bertz CT molecular complexity index is 141. The second-order valence-corrected chi connectivity index (χ2v) is 5.52. The van der Waals surface area contributed by atoms with Crippen molar-refractivity contribution < 1.29 is 4.79 Å². The van der Waals surface area contributed by atoms with Crippen LogP contribution in [0.15, 0.2) is 0 Å². The van der Waals surface area contributed by atoms with Crippen molar-refractivity contribution in [1.29, 1.82) is 0 Å². The summed E-state index contributed by atoms with van der Waals surface area (Å²) in [6.07, 6.45) is 0. The van der Waals surface area contributed by atoms with Crippen molar-refractivity contribution in [3.8, 4) is 0 Å². The summed E-state index contributed by atoms with van der Waals surface area (Å²) >= 11 is 4.33. The van der Waals surface area contributed by atoms with Crippen LogP contribution < -0.4 is 5.73 Å². The standard InChI is InChI=1S/C6H12I2N2O/c1-10(2)3-4(7)5(8)6(9)11/h4-5H,3H2,1-2H3,(H2,9,11). The predicted molar refractivity (Wildman–Crippen MR) is 63.4 cm³/mol. The number of carbonyl (C=O) groups excluding carboxylic acids is 1. The van der Waals surface area contributed by atoms with Crippen LogP contribution >= 0.6 is 45.2 Å². The molecule has 66 valence electrons. The number of primary amides is 1. The zero-order valence-electron chi connectivity index (χ0n) is 6.55. The van der Waals surface area contributed by atoms with Gasteiger partial charge < -0.3 is 10.6 Å². The average Bonchev–Trinajstić information content (AvgIpc) is 1.84. The number of halogens is 2. The Kier molecular flexibility index (Phi) is 5.97. The van der Waals surface area contributed by atoms with Crippen molar-refractivity contribution in [1.82, 2.24) is 4.90 Å². The minimum Gasteiger partial charge on any atom is -0.369 e. The fraction of sp³-hybridized carbons (Fsp3) is 0.833. The van der Waals surface area contributed by atoms with Crippen LogP contribution in [0.5, 0.6) is 0 Å². The van der Waals surface area contributed by atoms with E-state index in [-0.39, 0.29) is 9.83 Å². The van der Waals surface area contributed by atoms with Gasteiger partial charge in [-0.2, -0.15) is 0 Å². The molecule has 0 aliphatic carbocycles. The Balaban J connectivity index is 3.82. The molecular formula is C6H12I2N2O. The van der Waals surface area contributed by atoms with Crippen LogP contribution in [0.25, 0.3) is 0 Å². The van der Waals surface area contributed by atoms with Crippen LogP contribution in [0, 0.1) is 0 Å². The number of hydrogen-bond donors (Lipinski definition) is 1. The third-order valence-corrected chi connectivity index (χ3v) is 5.10. The molecule has 0 saturated carbocycles. The number of alkyl halides is 2. The molecule has 0 heterocycles. The predicted octanol–water partition coefficient (Wildman–Crippen LogP) is 0.640. The number of nitrogens with zero attached hydrogens (tertiary/aromatic N) is 1. The quantitative estimate of drug-likeness (QED) is 0.574. The zero-order chi connectivity index (χ0) is 9.02. The summed E-state index contributed by atoms with van der Waals surface area (Å²) in [5.41, 5.74) is 5.14. The van der Waals surface area contributed by atoms with E-state index in [1.807, 2.05) is 19.0 Å². The molecule has 11 heavy (non-hydrogen) atoms. The maximum absolute atomic E-state index is 10.7. The van der Waals surface area contributed by atoms with Crippen molar-refractivity contribution in [2.45, 2.75) is 7.85 Å². The van der Waals surface area contributed by atoms with Crippen molar-refractivity contribution in [2.24, 2.45) is 5.73 Å². The largest absolute Gasteiger partial charge is 0.369 e. The number of carbonyl (C=O) groups is 1. The Labute approximate surface area is 94.3 Å². The van der Waals surface area contributed by atoms with Gasteiger partial charge in [-0.15, -0.1) is 0 Å². The summed E-state index contributed by atoms with van der Waals surface area (Å²) in [5.74, 6) is -0.230. The molecule has 0 saturated heterocycles. The van der Waals surface area contributed by atoms with Crippen molar-refractivity contribution in [2.75, 3.05) is 20.6 Å². The SMILES string of the molecule is CN(C)CC(I)C(I)C(N)=O. The molecule has 0 aromatic carbocycles. The second kappa shape index (κ2) is 5.52. The normalized spacial score (nSPS) is 16.5. The molecule has 2 unspecified atom stereocenters. The van der Waals surface area contributed by atoms with Crippen LogP contribution in [0.4, 0.5) is 0 Å². The van der Waals surface area contributed by atoms with E-state index in [1.54, 1.807) is 0 Å². The van der Waals surface area contributed by atoms with E-state index in [4.69, 9.17) is 5.73 Å². The van der Waals surface area contributed by atoms with Crippen LogP contribution in [0.1, 0.15) is 0 Å². The topological polar surface area (TPSA) is 46.3 Å². The molecule has 0 aliphatic rings. The van der Waals surface area contributed by atoms with E-state index in [0.29, 0.717) is 3.92 Å². The third-order valence-electron chi connectivity index (χ3n) is 1.13. The first-order valence-electron chi connectivity index (χ1n) is 3.17. The molecule has 0 rings (SSSR count). The van der Waals surface area contributed by atoms with Gasteiger partial charge >= 0.3 is 0 Å². The minimum absolute atomic E-state index is 0.0735. The van der Waals surface area contributed by atoms with Crippen molar-refractivity contribution >= 4 is 51.1 Å². The number of rotatable bonds is 4. The number of hydrogen-bond acceptors (Lipinski definition) is 2. The highest BCUT2D eigenvalue weighted by Gasteiger charge is 2.20. The van der Waals surface area contributed by atoms with Gasteiger partial charge in [-0.1, -0.05) is 45.2 Å². The van der Waals surface area contributed by atoms with Gasteiger partial charge in [-0.05, 0) is 14.1 Å². The van der Waals surface area contributed by atoms with E-state index in [9.17, 15) is 4.79 Å². The molecule has 0 spiro atoms. The van der Waals surface area contributed by atoms with Gasteiger partial charge in [0.25, 0.3) is 0 Å². The highest BCUT2D eigenvalue weighted by atomic mass is 127. The first kappa shape index (κ1) is 11.9.